The molecule has 0 bridgehead atoms. The minimum Gasteiger partial charge on any atom is -0.508 e. The van der Waals surface area contributed by atoms with E-state index in [1.54, 1.807) is 12.1 Å². The number of phenolic OH excluding ortho intramolecular Hbond substituents is 2. The predicted octanol–water partition coefficient (Wildman–Crippen LogP) is 3.15. The van der Waals surface area contributed by atoms with Crippen LogP contribution >= 0.6 is 15.9 Å². The first-order chi connectivity index (χ1) is 8.65. The number of hydrogen-bond acceptors (Lipinski definition) is 3. The lowest BCUT2D eigenvalue weighted by atomic mass is 10.2. The maximum absolute atomic E-state index is 9.63. The summed E-state index contributed by atoms with van der Waals surface area (Å²) in [5, 5.41) is 22.1. The van der Waals surface area contributed by atoms with E-state index >= 15 is 0 Å². The SMILES string of the molecule is Oc1ccc(CNCc2cccc(Br)c2)c(O)c1. The van der Waals surface area contributed by atoms with E-state index in [9.17, 15) is 10.2 Å². The summed E-state index contributed by atoms with van der Waals surface area (Å²) < 4.78 is 1.05. The molecule has 94 valence electrons. The maximum Gasteiger partial charge on any atom is 0.123 e. The second-order valence-electron chi connectivity index (χ2n) is 4.05. The van der Waals surface area contributed by atoms with Gasteiger partial charge in [0.05, 0.1) is 0 Å². The lowest BCUT2D eigenvalue weighted by Crippen LogP contribution is -2.12. The molecule has 0 heterocycles. The smallest absolute Gasteiger partial charge is 0.123 e. The monoisotopic (exact) mass is 307 g/mol. The second kappa shape index (κ2) is 5.89. The van der Waals surface area contributed by atoms with Gasteiger partial charge in [0.2, 0.25) is 0 Å². The molecule has 0 unspecified atom stereocenters. The van der Waals surface area contributed by atoms with Gasteiger partial charge in [-0.3, -0.25) is 0 Å². The Morgan fingerprint density at radius 3 is 2.56 bits per heavy atom. The van der Waals surface area contributed by atoms with Gasteiger partial charge >= 0.3 is 0 Å². The number of halogens is 1. The number of rotatable bonds is 4. The van der Waals surface area contributed by atoms with Crippen LogP contribution in [-0.2, 0) is 13.1 Å². The molecule has 0 saturated carbocycles. The quantitative estimate of drug-likeness (QED) is 0.813. The van der Waals surface area contributed by atoms with Gasteiger partial charge in [-0.2, -0.15) is 0 Å². The Labute approximate surface area is 114 Å². The van der Waals surface area contributed by atoms with E-state index in [4.69, 9.17) is 0 Å². The van der Waals surface area contributed by atoms with Crippen molar-refractivity contribution in [3.05, 3.63) is 58.1 Å². The Morgan fingerprint density at radius 1 is 1.00 bits per heavy atom. The molecule has 0 spiro atoms. The summed E-state index contributed by atoms with van der Waals surface area (Å²) in [5.41, 5.74) is 1.94. The molecule has 3 nitrogen and oxygen atoms in total. The number of aromatic hydroxyl groups is 2. The first kappa shape index (κ1) is 12.9. The van der Waals surface area contributed by atoms with E-state index < -0.39 is 0 Å². The fourth-order valence-corrected chi connectivity index (χ4v) is 2.14. The molecule has 0 aliphatic carbocycles. The van der Waals surface area contributed by atoms with Crippen molar-refractivity contribution in [2.24, 2.45) is 0 Å². The molecule has 18 heavy (non-hydrogen) atoms. The summed E-state index contributed by atoms with van der Waals surface area (Å²) >= 11 is 3.42. The van der Waals surface area contributed by atoms with Crippen LogP contribution in [0.15, 0.2) is 46.9 Å². The van der Waals surface area contributed by atoms with Crippen molar-refractivity contribution in [2.45, 2.75) is 13.1 Å². The van der Waals surface area contributed by atoms with E-state index in [-0.39, 0.29) is 11.5 Å². The third kappa shape index (κ3) is 3.48. The molecule has 0 aromatic heterocycles. The summed E-state index contributed by atoms with van der Waals surface area (Å²) in [6.45, 7) is 1.28. The highest BCUT2D eigenvalue weighted by molar-refractivity contribution is 9.10. The highest BCUT2D eigenvalue weighted by Crippen LogP contribution is 2.22. The lowest BCUT2D eigenvalue weighted by Gasteiger charge is -2.07. The van der Waals surface area contributed by atoms with Crippen LogP contribution in [0.5, 0.6) is 11.5 Å². The molecule has 0 aliphatic heterocycles. The van der Waals surface area contributed by atoms with E-state index in [1.165, 1.54) is 11.6 Å². The molecule has 4 heteroatoms. The molecular formula is C14H14BrNO2. The minimum absolute atomic E-state index is 0.0724. The summed E-state index contributed by atoms with van der Waals surface area (Å²) in [6, 6.07) is 12.7. The van der Waals surface area contributed by atoms with Crippen LogP contribution in [0.3, 0.4) is 0 Å². The Kier molecular flexibility index (Phi) is 4.23. The molecule has 3 N–H and O–H groups in total. The zero-order valence-corrected chi connectivity index (χ0v) is 11.3. The minimum atomic E-state index is 0.0724. The van der Waals surface area contributed by atoms with Crippen LogP contribution in [-0.4, -0.2) is 10.2 Å². The van der Waals surface area contributed by atoms with Crippen molar-refractivity contribution in [3.63, 3.8) is 0 Å². The largest absolute Gasteiger partial charge is 0.508 e. The molecular weight excluding hydrogens is 294 g/mol. The molecule has 2 aromatic carbocycles. The van der Waals surface area contributed by atoms with E-state index in [1.807, 2.05) is 24.3 Å². The van der Waals surface area contributed by atoms with E-state index in [2.05, 4.69) is 21.2 Å². The average molecular weight is 308 g/mol. The van der Waals surface area contributed by atoms with Crippen molar-refractivity contribution >= 4 is 15.9 Å². The zero-order valence-electron chi connectivity index (χ0n) is 9.73. The molecule has 2 aromatic rings. The van der Waals surface area contributed by atoms with Crippen LogP contribution in [0.2, 0.25) is 0 Å². The normalized spacial score (nSPS) is 10.5. The van der Waals surface area contributed by atoms with Crippen LogP contribution < -0.4 is 5.32 Å². The van der Waals surface area contributed by atoms with Gasteiger partial charge in [-0.25, -0.2) is 0 Å². The summed E-state index contributed by atoms with van der Waals surface area (Å²) in [6.07, 6.45) is 0. The van der Waals surface area contributed by atoms with Crippen molar-refractivity contribution in [1.82, 2.24) is 5.32 Å². The van der Waals surface area contributed by atoms with Gasteiger partial charge in [-0.1, -0.05) is 34.1 Å². The molecule has 2 rings (SSSR count). The number of hydrogen-bond donors (Lipinski definition) is 3. The van der Waals surface area contributed by atoms with Crippen LogP contribution in [0.1, 0.15) is 11.1 Å². The fourth-order valence-electron chi connectivity index (χ4n) is 1.69. The Bertz CT molecular complexity index is 543. The Hall–Kier alpha value is -1.52. The third-order valence-electron chi connectivity index (χ3n) is 2.60. The molecule has 0 fully saturated rings. The second-order valence-corrected chi connectivity index (χ2v) is 4.96. The van der Waals surface area contributed by atoms with E-state index in [0.717, 1.165) is 16.6 Å². The standard InChI is InChI=1S/C14H14BrNO2/c15-12-3-1-2-10(6-12)8-16-9-11-4-5-13(17)7-14(11)18/h1-7,16-18H,8-9H2. The van der Waals surface area contributed by atoms with Crippen molar-refractivity contribution in [2.75, 3.05) is 0 Å². The zero-order chi connectivity index (χ0) is 13.0. The summed E-state index contributed by atoms with van der Waals surface area (Å²) in [5.74, 6) is 0.181. The van der Waals surface area contributed by atoms with Crippen molar-refractivity contribution in [1.29, 1.82) is 0 Å². The molecule has 0 radical (unpaired) electrons. The maximum atomic E-state index is 9.63. The van der Waals surface area contributed by atoms with Crippen LogP contribution in [0.25, 0.3) is 0 Å². The first-order valence-electron chi connectivity index (χ1n) is 5.61. The van der Waals surface area contributed by atoms with Gasteiger partial charge in [-0.15, -0.1) is 0 Å². The van der Waals surface area contributed by atoms with Crippen molar-refractivity contribution in [3.8, 4) is 11.5 Å². The lowest BCUT2D eigenvalue weighted by molar-refractivity contribution is 0.443. The van der Waals surface area contributed by atoms with Gasteiger partial charge in [0.1, 0.15) is 11.5 Å². The first-order valence-corrected chi connectivity index (χ1v) is 6.40. The summed E-state index contributed by atoms with van der Waals surface area (Å²) in [4.78, 5) is 0. The van der Waals surface area contributed by atoms with Gasteiger partial charge < -0.3 is 15.5 Å². The van der Waals surface area contributed by atoms with Crippen molar-refractivity contribution < 1.29 is 10.2 Å². The Morgan fingerprint density at radius 2 is 1.83 bits per heavy atom. The average Bonchev–Trinajstić information content (AvgIpc) is 2.32. The number of phenols is 2. The number of benzene rings is 2. The van der Waals surface area contributed by atoms with Crippen LogP contribution in [0, 0.1) is 0 Å². The van der Waals surface area contributed by atoms with Gasteiger partial charge in [0.15, 0.2) is 0 Å². The van der Waals surface area contributed by atoms with Gasteiger partial charge in [0.25, 0.3) is 0 Å². The topological polar surface area (TPSA) is 52.5 Å². The Balaban J connectivity index is 1.92. The predicted molar refractivity (Wildman–Crippen MR) is 74.5 cm³/mol. The molecule has 0 atom stereocenters. The molecule has 0 aliphatic rings. The van der Waals surface area contributed by atoms with E-state index in [0.29, 0.717) is 6.54 Å². The molecule has 0 saturated heterocycles. The highest BCUT2D eigenvalue weighted by Gasteiger charge is 2.02. The van der Waals surface area contributed by atoms with Gasteiger partial charge in [0, 0.05) is 29.2 Å². The highest BCUT2D eigenvalue weighted by atomic mass is 79.9. The fraction of sp³-hybridized carbons (Fsp3) is 0.143. The summed E-state index contributed by atoms with van der Waals surface area (Å²) in [7, 11) is 0. The van der Waals surface area contributed by atoms with Crippen LogP contribution in [0.4, 0.5) is 0 Å². The number of nitrogens with one attached hydrogen (secondary N) is 1. The molecule has 0 amide bonds. The van der Waals surface area contributed by atoms with Gasteiger partial charge in [-0.05, 0) is 23.8 Å². The third-order valence-corrected chi connectivity index (χ3v) is 3.10.